The van der Waals surface area contributed by atoms with Gasteiger partial charge in [0.2, 0.25) is 0 Å². The predicted octanol–water partition coefficient (Wildman–Crippen LogP) is 4.21. The monoisotopic (exact) mass is 371 g/mol. The highest BCUT2D eigenvalue weighted by molar-refractivity contribution is 5.95. The number of amides is 2. The number of anilines is 1. The zero-order valence-electron chi connectivity index (χ0n) is 16.1. The molecule has 4 nitrogen and oxygen atoms in total. The molecule has 0 bridgehead atoms. The number of fused-ring (bicyclic) bond motifs is 2. The van der Waals surface area contributed by atoms with Gasteiger partial charge in [-0.25, -0.2) is 9.18 Å². The maximum atomic E-state index is 14.1. The lowest BCUT2D eigenvalue weighted by atomic mass is 9.74. The van der Waals surface area contributed by atoms with Crippen LogP contribution in [0.3, 0.4) is 0 Å². The van der Waals surface area contributed by atoms with Crippen molar-refractivity contribution >= 4 is 11.7 Å². The molecule has 1 spiro atoms. The second-order valence-electron chi connectivity index (χ2n) is 8.40. The standard InChI is InChI=1S/C22H30FN3O/c1-2-12-25-13-10-22(11-14-25)16-26(20-9-8-17(23)15-19(20)22)21(27)24-18-6-4-3-5-7-18/h2,8-9,15,18H,1,3-7,10-14,16H2,(H,24,27). The number of piperidine rings is 1. The van der Waals surface area contributed by atoms with Crippen LogP contribution in [0, 0.1) is 5.82 Å². The molecule has 2 heterocycles. The Hall–Kier alpha value is -1.88. The molecule has 146 valence electrons. The van der Waals surface area contributed by atoms with E-state index in [1.165, 1.54) is 25.3 Å². The molecule has 2 amide bonds. The largest absolute Gasteiger partial charge is 0.335 e. The summed E-state index contributed by atoms with van der Waals surface area (Å²) in [5.41, 5.74) is 1.78. The van der Waals surface area contributed by atoms with Gasteiger partial charge in [-0.15, -0.1) is 6.58 Å². The van der Waals surface area contributed by atoms with Gasteiger partial charge >= 0.3 is 6.03 Å². The lowest BCUT2D eigenvalue weighted by molar-refractivity contribution is 0.179. The Morgan fingerprint density at radius 2 is 2.00 bits per heavy atom. The molecule has 2 aliphatic heterocycles. The van der Waals surface area contributed by atoms with Crippen LogP contribution < -0.4 is 10.2 Å². The first-order chi connectivity index (χ1) is 13.1. The van der Waals surface area contributed by atoms with Crippen LogP contribution in [0.5, 0.6) is 0 Å². The van der Waals surface area contributed by atoms with E-state index in [0.29, 0.717) is 6.54 Å². The topological polar surface area (TPSA) is 35.6 Å². The maximum absolute atomic E-state index is 14.1. The molecule has 4 rings (SSSR count). The van der Waals surface area contributed by atoms with Crippen LogP contribution in [0.2, 0.25) is 0 Å². The van der Waals surface area contributed by atoms with Crippen LogP contribution in [0.4, 0.5) is 14.9 Å². The van der Waals surface area contributed by atoms with Crippen molar-refractivity contribution in [1.82, 2.24) is 10.2 Å². The van der Waals surface area contributed by atoms with Crippen LogP contribution in [0.15, 0.2) is 30.9 Å². The van der Waals surface area contributed by atoms with Gasteiger partial charge in [0.1, 0.15) is 5.82 Å². The van der Waals surface area contributed by atoms with Crippen LogP contribution in [-0.2, 0) is 5.41 Å². The lowest BCUT2D eigenvalue weighted by Gasteiger charge is -2.39. The molecule has 1 N–H and O–H groups in total. The highest BCUT2D eigenvalue weighted by Gasteiger charge is 2.46. The Labute approximate surface area is 161 Å². The smallest absolute Gasteiger partial charge is 0.322 e. The van der Waals surface area contributed by atoms with E-state index >= 15 is 0 Å². The minimum atomic E-state index is -0.212. The number of nitrogens with zero attached hydrogens (tertiary/aromatic N) is 2. The summed E-state index contributed by atoms with van der Waals surface area (Å²) in [6, 6.07) is 5.19. The normalized spacial score (nSPS) is 22.6. The molecule has 0 radical (unpaired) electrons. The molecule has 2 fully saturated rings. The Bertz CT molecular complexity index is 706. The van der Waals surface area contributed by atoms with Gasteiger partial charge in [-0.1, -0.05) is 25.3 Å². The van der Waals surface area contributed by atoms with Crippen molar-refractivity contribution in [1.29, 1.82) is 0 Å². The van der Waals surface area contributed by atoms with E-state index in [-0.39, 0.29) is 23.3 Å². The molecule has 1 saturated heterocycles. The molecular weight excluding hydrogens is 341 g/mol. The van der Waals surface area contributed by atoms with Crippen LogP contribution in [-0.4, -0.2) is 43.2 Å². The number of likely N-dealkylation sites (tertiary alicyclic amines) is 1. The number of hydrogen-bond acceptors (Lipinski definition) is 2. The van der Waals surface area contributed by atoms with E-state index in [2.05, 4.69) is 16.8 Å². The SMILES string of the molecule is C=CCN1CCC2(CC1)CN(C(=O)NC1CCCCC1)c1ccc(F)cc12. The molecule has 0 aromatic heterocycles. The molecule has 27 heavy (non-hydrogen) atoms. The Balaban J connectivity index is 1.55. The first-order valence-corrected chi connectivity index (χ1v) is 10.3. The summed E-state index contributed by atoms with van der Waals surface area (Å²) >= 11 is 0. The third-order valence-electron chi connectivity index (χ3n) is 6.66. The first-order valence-electron chi connectivity index (χ1n) is 10.3. The molecule has 5 heteroatoms. The van der Waals surface area contributed by atoms with Gasteiger partial charge in [-0.3, -0.25) is 9.80 Å². The van der Waals surface area contributed by atoms with Crippen LogP contribution in [0.1, 0.15) is 50.5 Å². The Kier molecular flexibility index (Phi) is 5.22. The number of benzene rings is 1. The van der Waals surface area contributed by atoms with Gasteiger partial charge in [0.15, 0.2) is 0 Å². The van der Waals surface area contributed by atoms with Crippen molar-refractivity contribution in [3.8, 4) is 0 Å². The molecule has 1 aliphatic carbocycles. The van der Waals surface area contributed by atoms with Crippen molar-refractivity contribution in [2.24, 2.45) is 0 Å². The third-order valence-corrected chi connectivity index (χ3v) is 6.66. The van der Waals surface area contributed by atoms with Gasteiger partial charge < -0.3 is 5.32 Å². The molecule has 0 atom stereocenters. The number of rotatable bonds is 3. The predicted molar refractivity (Wildman–Crippen MR) is 107 cm³/mol. The summed E-state index contributed by atoms with van der Waals surface area (Å²) in [6.07, 6.45) is 9.61. The molecular formula is C22H30FN3O. The van der Waals surface area contributed by atoms with Crippen molar-refractivity contribution in [2.75, 3.05) is 31.1 Å². The first kappa shape index (κ1) is 18.5. The summed E-state index contributed by atoms with van der Waals surface area (Å²) < 4.78 is 14.1. The minimum absolute atomic E-state index is 0.0137. The number of halogens is 1. The van der Waals surface area contributed by atoms with Gasteiger partial charge in [0, 0.05) is 30.2 Å². The van der Waals surface area contributed by atoms with Crippen molar-refractivity contribution in [3.05, 3.63) is 42.2 Å². The van der Waals surface area contributed by atoms with E-state index < -0.39 is 0 Å². The summed E-state index contributed by atoms with van der Waals surface area (Å²) in [4.78, 5) is 17.3. The second-order valence-corrected chi connectivity index (χ2v) is 8.40. The summed E-state index contributed by atoms with van der Waals surface area (Å²) in [5, 5.41) is 3.24. The van der Waals surface area contributed by atoms with E-state index in [0.717, 1.165) is 56.6 Å². The minimum Gasteiger partial charge on any atom is -0.335 e. The summed E-state index contributed by atoms with van der Waals surface area (Å²) in [5.74, 6) is -0.212. The van der Waals surface area contributed by atoms with Crippen molar-refractivity contribution in [3.63, 3.8) is 0 Å². The molecule has 1 saturated carbocycles. The number of nitrogens with one attached hydrogen (secondary N) is 1. The average Bonchev–Trinajstić information content (AvgIpc) is 2.99. The second kappa shape index (κ2) is 7.63. The maximum Gasteiger partial charge on any atom is 0.322 e. The van der Waals surface area contributed by atoms with Gasteiger partial charge in [-0.2, -0.15) is 0 Å². The Morgan fingerprint density at radius 1 is 1.26 bits per heavy atom. The quantitative estimate of drug-likeness (QED) is 0.808. The summed E-state index contributed by atoms with van der Waals surface area (Å²) in [6.45, 7) is 7.29. The highest BCUT2D eigenvalue weighted by atomic mass is 19.1. The van der Waals surface area contributed by atoms with Crippen molar-refractivity contribution < 1.29 is 9.18 Å². The fourth-order valence-corrected chi connectivity index (χ4v) is 5.10. The van der Waals surface area contributed by atoms with Gasteiger partial charge in [0.25, 0.3) is 0 Å². The molecule has 0 unspecified atom stereocenters. The van der Waals surface area contributed by atoms with Crippen LogP contribution >= 0.6 is 0 Å². The fourth-order valence-electron chi connectivity index (χ4n) is 5.10. The highest BCUT2D eigenvalue weighted by Crippen LogP contribution is 2.47. The average molecular weight is 372 g/mol. The number of urea groups is 1. The molecule has 3 aliphatic rings. The fraction of sp³-hybridized carbons (Fsp3) is 0.591. The summed E-state index contributed by atoms with van der Waals surface area (Å²) in [7, 11) is 0. The Morgan fingerprint density at radius 3 is 2.70 bits per heavy atom. The van der Waals surface area contributed by atoms with Gasteiger partial charge in [0.05, 0.1) is 0 Å². The number of carbonyl (C=O) groups is 1. The zero-order chi connectivity index (χ0) is 18.9. The van der Waals surface area contributed by atoms with E-state index in [4.69, 9.17) is 0 Å². The third kappa shape index (κ3) is 3.62. The van der Waals surface area contributed by atoms with E-state index in [1.807, 2.05) is 11.0 Å². The van der Waals surface area contributed by atoms with Crippen LogP contribution in [0.25, 0.3) is 0 Å². The van der Waals surface area contributed by atoms with Gasteiger partial charge in [-0.05, 0) is 62.5 Å². The zero-order valence-corrected chi connectivity index (χ0v) is 16.1. The number of carbonyl (C=O) groups excluding carboxylic acids is 1. The molecule has 1 aromatic rings. The van der Waals surface area contributed by atoms with Crippen molar-refractivity contribution in [2.45, 2.75) is 56.4 Å². The van der Waals surface area contributed by atoms with E-state index in [1.54, 1.807) is 12.1 Å². The lowest BCUT2D eigenvalue weighted by Crippen LogP contribution is -2.49. The number of hydrogen-bond donors (Lipinski definition) is 1. The van der Waals surface area contributed by atoms with E-state index in [9.17, 15) is 9.18 Å². The molecule has 1 aromatic carbocycles.